The fourth-order valence-corrected chi connectivity index (χ4v) is 2.76. The number of carboxylic acids is 1. The maximum absolute atomic E-state index is 10.8. The van der Waals surface area contributed by atoms with Gasteiger partial charge in [-0.3, -0.25) is 9.48 Å². The van der Waals surface area contributed by atoms with Crippen LogP contribution in [0.2, 0.25) is 0 Å². The lowest BCUT2D eigenvalue weighted by molar-refractivity contribution is -0.137. The fourth-order valence-electron chi connectivity index (χ4n) is 2.76. The summed E-state index contributed by atoms with van der Waals surface area (Å²) in [4.78, 5) is 10.8. The minimum absolute atomic E-state index is 0.0210. The van der Waals surface area contributed by atoms with Crippen LogP contribution in [0.4, 0.5) is 0 Å². The quantitative estimate of drug-likeness (QED) is 0.841. The lowest BCUT2D eigenvalue weighted by atomic mass is 10.1. The normalized spacial score (nSPS) is 23.4. The van der Waals surface area contributed by atoms with Crippen molar-refractivity contribution in [3.8, 4) is 0 Å². The van der Waals surface area contributed by atoms with Gasteiger partial charge in [-0.05, 0) is 37.2 Å². The highest BCUT2D eigenvalue weighted by Gasteiger charge is 2.35. The van der Waals surface area contributed by atoms with Gasteiger partial charge in [-0.15, -0.1) is 0 Å². The summed E-state index contributed by atoms with van der Waals surface area (Å²) < 4.78 is 1.73. The van der Waals surface area contributed by atoms with Gasteiger partial charge in [-0.2, -0.15) is 5.10 Å². The Morgan fingerprint density at radius 3 is 2.88 bits per heavy atom. The Hall–Kier alpha value is -1.32. The molecule has 0 radical (unpaired) electrons. The Morgan fingerprint density at radius 1 is 1.50 bits per heavy atom. The van der Waals surface area contributed by atoms with Crippen molar-refractivity contribution in [2.24, 2.45) is 5.92 Å². The van der Waals surface area contributed by atoms with Crippen molar-refractivity contribution in [2.45, 2.75) is 45.1 Å². The van der Waals surface area contributed by atoms with Crippen LogP contribution in [0.5, 0.6) is 0 Å². The van der Waals surface area contributed by atoms with E-state index >= 15 is 0 Å². The molecule has 0 saturated heterocycles. The smallest absolute Gasteiger partial charge is 0.325 e. The third kappa shape index (κ3) is 1.52. The first kappa shape index (κ1) is 9.87. The van der Waals surface area contributed by atoms with E-state index in [0.717, 1.165) is 18.5 Å². The fraction of sp³-hybridized carbons (Fsp3) is 0.667. The van der Waals surface area contributed by atoms with E-state index in [4.69, 9.17) is 5.11 Å². The maximum Gasteiger partial charge on any atom is 0.325 e. The van der Waals surface area contributed by atoms with Crippen molar-refractivity contribution in [1.82, 2.24) is 9.78 Å². The van der Waals surface area contributed by atoms with Crippen LogP contribution in [0.15, 0.2) is 0 Å². The van der Waals surface area contributed by atoms with Gasteiger partial charge in [0.25, 0.3) is 0 Å². The Kier molecular flexibility index (Phi) is 2.06. The highest BCUT2D eigenvalue weighted by molar-refractivity contribution is 5.66. The zero-order valence-electron chi connectivity index (χ0n) is 9.44. The monoisotopic (exact) mass is 220 g/mol. The van der Waals surface area contributed by atoms with Gasteiger partial charge in [-0.1, -0.05) is 6.92 Å². The Bertz CT molecular complexity index is 446. The lowest BCUT2D eigenvalue weighted by Crippen LogP contribution is -2.14. The highest BCUT2D eigenvalue weighted by atomic mass is 16.4. The molecule has 86 valence electrons. The summed E-state index contributed by atoms with van der Waals surface area (Å²) in [6, 6.07) is 0. The van der Waals surface area contributed by atoms with E-state index in [0.29, 0.717) is 11.8 Å². The van der Waals surface area contributed by atoms with Gasteiger partial charge >= 0.3 is 5.97 Å². The molecule has 1 aromatic heterocycles. The average Bonchev–Trinajstić information content (AvgIpc) is 2.85. The highest BCUT2D eigenvalue weighted by Crippen LogP contribution is 2.44. The van der Waals surface area contributed by atoms with Gasteiger partial charge in [-0.25, -0.2) is 0 Å². The molecule has 1 heterocycles. The Labute approximate surface area is 94.3 Å². The summed E-state index contributed by atoms with van der Waals surface area (Å²) in [6.45, 7) is 2.26. The van der Waals surface area contributed by atoms with Crippen molar-refractivity contribution in [1.29, 1.82) is 0 Å². The van der Waals surface area contributed by atoms with Gasteiger partial charge in [0.05, 0.1) is 5.69 Å². The number of hydrogen-bond acceptors (Lipinski definition) is 2. The van der Waals surface area contributed by atoms with Crippen LogP contribution >= 0.6 is 0 Å². The summed E-state index contributed by atoms with van der Waals surface area (Å²) in [5.41, 5.74) is 3.73. The number of aliphatic carboxylic acids is 1. The third-order valence-corrected chi connectivity index (χ3v) is 3.52. The number of nitrogens with zero attached hydrogens (tertiary/aromatic N) is 2. The summed E-state index contributed by atoms with van der Waals surface area (Å²) >= 11 is 0. The van der Waals surface area contributed by atoms with E-state index in [1.165, 1.54) is 24.1 Å². The lowest BCUT2D eigenvalue weighted by Gasteiger charge is -2.07. The molecule has 2 aliphatic rings. The Morgan fingerprint density at radius 2 is 2.25 bits per heavy atom. The maximum atomic E-state index is 10.8. The topological polar surface area (TPSA) is 55.1 Å². The first-order chi connectivity index (χ1) is 7.65. The van der Waals surface area contributed by atoms with Crippen LogP contribution in [0.3, 0.4) is 0 Å². The second-order valence-electron chi connectivity index (χ2n) is 5.15. The van der Waals surface area contributed by atoms with E-state index in [1.54, 1.807) is 4.68 Å². The van der Waals surface area contributed by atoms with Gasteiger partial charge in [0.1, 0.15) is 6.54 Å². The second kappa shape index (κ2) is 3.34. The molecule has 1 fully saturated rings. The van der Waals surface area contributed by atoms with Crippen LogP contribution in [-0.4, -0.2) is 20.9 Å². The molecule has 1 unspecified atom stereocenters. The molecule has 1 saturated carbocycles. The number of fused-ring (bicyclic) bond motifs is 1. The van der Waals surface area contributed by atoms with E-state index in [2.05, 4.69) is 12.0 Å². The molecule has 3 rings (SSSR count). The van der Waals surface area contributed by atoms with Crippen molar-refractivity contribution >= 4 is 5.97 Å². The van der Waals surface area contributed by atoms with Crippen molar-refractivity contribution < 1.29 is 9.90 Å². The zero-order valence-corrected chi connectivity index (χ0v) is 9.44. The number of aromatic nitrogens is 2. The average molecular weight is 220 g/mol. The predicted molar refractivity (Wildman–Crippen MR) is 58.4 cm³/mol. The van der Waals surface area contributed by atoms with Gasteiger partial charge in [0.15, 0.2) is 0 Å². The molecule has 0 aromatic carbocycles. The Balaban J connectivity index is 2.00. The summed E-state index contributed by atoms with van der Waals surface area (Å²) in [5, 5.41) is 13.4. The minimum atomic E-state index is -0.795. The molecule has 2 aliphatic carbocycles. The molecule has 4 heteroatoms. The van der Waals surface area contributed by atoms with Gasteiger partial charge < -0.3 is 5.11 Å². The molecule has 16 heavy (non-hydrogen) atoms. The summed E-state index contributed by atoms with van der Waals surface area (Å²) in [6.07, 6.45) is 4.50. The molecule has 4 nitrogen and oxygen atoms in total. The molecule has 1 atom stereocenters. The zero-order chi connectivity index (χ0) is 11.3. The van der Waals surface area contributed by atoms with Crippen LogP contribution in [0.1, 0.15) is 42.6 Å². The van der Waals surface area contributed by atoms with Crippen LogP contribution in [0, 0.1) is 5.92 Å². The number of hydrogen-bond donors (Lipinski definition) is 1. The summed E-state index contributed by atoms with van der Waals surface area (Å²) in [5.74, 6) is 0.464. The van der Waals surface area contributed by atoms with Crippen LogP contribution < -0.4 is 0 Å². The number of carbonyl (C=O) groups is 1. The second-order valence-corrected chi connectivity index (χ2v) is 5.15. The van der Waals surface area contributed by atoms with Crippen LogP contribution in [0.25, 0.3) is 0 Å². The van der Waals surface area contributed by atoms with E-state index in [9.17, 15) is 4.79 Å². The van der Waals surface area contributed by atoms with Gasteiger partial charge in [0, 0.05) is 11.6 Å². The van der Waals surface area contributed by atoms with Crippen molar-refractivity contribution in [3.05, 3.63) is 17.0 Å². The standard InChI is InChI=1S/C12H16N2O2/c1-7-4-9-10(5-7)13-14(6-11(15)16)12(9)8-2-3-8/h7-8H,2-6H2,1H3,(H,15,16). The molecule has 0 amide bonds. The third-order valence-electron chi connectivity index (χ3n) is 3.52. The molecular weight excluding hydrogens is 204 g/mol. The predicted octanol–water partition coefficient (Wildman–Crippen LogP) is 1.58. The molecule has 1 aromatic rings. The van der Waals surface area contributed by atoms with Gasteiger partial charge in [0.2, 0.25) is 0 Å². The minimum Gasteiger partial charge on any atom is -0.480 e. The molecule has 0 spiro atoms. The first-order valence-corrected chi connectivity index (χ1v) is 5.95. The number of carboxylic acid groups (broad SMARTS) is 1. The SMILES string of the molecule is CC1Cc2nn(CC(=O)O)c(C3CC3)c2C1. The molecule has 0 bridgehead atoms. The largest absolute Gasteiger partial charge is 0.480 e. The number of rotatable bonds is 3. The molecular formula is C12H16N2O2. The van der Waals surface area contributed by atoms with Crippen molar-refractivity contribution in [2.75, 3.05) is 0 Å². The van der Waals surface area contributed by atoms with E-state index in [-0.39, 0.29) is 6.54 Å². The van der Waals surface area contributed by atoms with E-state index in [1.807, 2.05) is 0 Å². The van der Waals surface area contributed by atoms with E-state index < -0.39 is 5.97 Å². The van der Waals surface area contributed by atoms with Crippen molar-refractivity contribution in [3.63, 3.8) is 0 Å². The summed E-state index contributed by atoms with van der Waals surface area (Å²) in [7, 11) is 0. The van der Waals surface area contributed by atoms with Crippen LogP contribution in [-0.2, 0) is 24.2 Å². The molecule has 0 aliphatic heterocycles. The first-order valence-electron chi connectivity index (χ1n) is 5.95. The molecule has 1 N–H and O–H groups in total.